The number of hydrogen-bond acceptors (Lipinski definition) is 6. The minimum Gasteiger partial charge on any atom is -0.462 e. The van der Waals surface area contributed by atoms with Crippen molar-refractivity contribution in [2.45, 2.75) is 367 Å². The zero-order chi connectivity index (χ0) is 59.2. The Bertz CT molecular complexity index is 1550. The summed E-state index contributed by atoms with van der Waals surface area (Å²) in [4.78, 5) is 38.3. The highest BCUT2D eigenvalue weighted by Gasteiger charge is 2.19. The van der Waals surface area contributed by atoms with E-state index in [1.165, 1.54) is 225 Å². The van der Waals surface area contributed by atoms with Gasteiger partial charge in [0, 0.05) is 19.3 Å². The van der Waals surface area contributed by atoms with Gasteiger partial charge in [0.15, 0.2) is 6.10 Å². The maximum atomic E-state index is 12.9. The minimum atomic E-state index is -0.775. The Hall–Kier alpha value is -3.41. The highest BCUT2D eigenvalue weighted by Crippen LogP contribution is 2.18. The number of unbranched alkanes of at least 4 members (excludes halogenated alkanes) is 40. The predicted octanol–water partition coefficient (Wildman–Crippen LogP) is 24.6. The monoisotopic (exact) mass is 1140 g/mol. The molecule has 0 aliphatic rings. The summed E-state index contributed by atoms with van der Waals surface area (Å²) in [5, 5.41) is 0. The average Bonchev–Trinajstić information content (AvgIpc) is 3.48. The number of carbonyl (C=O) groups excluding carboxylic acids is 3. The van der Waals surface area contributed by atoms with Crippen molar-refractivity contribution in [1.82, 2.24) is 0 Å². The van der Waals surface area contributed by atoms with Crippen LogP contribution in [0.4, 0.5) is 0 Å². The lowest BCUT2D eigenvalue weighted by atomic mass is 10.0. The van der Waals surface area contributed by atoms with Gasteiger partial charge in [0.25, 0.3) is 0 Å². The summed E-state index contributed by atoms with van der Waals surface area (Å²) in [6.07, 6.45) is 93.4. The Morgan fingerprint density at radius 1 is 0.256 bits per heavy atom. The van der Waals surface area contributed by atoms with Gasteiger partial charge in [-0.05, 0) is 96.3 Å². The van der Waals surface area contributed by atoms with Gasteiger partial charge in [-0.1, -0.05) is 331 Å². The summed E-state index contributed by atoms with van der Waals surface area (Å²) >= 11 is 0. The lowest BCUT2D eigenvalue weighted by molar-refractivity contribution is -0.167. The third-order valence-corrected chi connectivity index (χ3v) is 15.6. The molecular weight excluding hydrogens is 1010 g/mol. The highest BCUT2D eigenvalue weighted by molar-refractivity contribution is 5.71. The number of carbonyl (C=O) groups is 3. The van der Waals surface area contributed by atoms with Gasteiger partial charge >= 0.3 is 17.9 Å². The first kappa shape index (κ1) is 78.6. The van der Waals surface area contributed by atoms with Gasteiger partial charge in [-0.2, -0.15) is 0 Å². The van der Waals surface area contributed by atoms with E-state index in [1.807, 2.05) is 0 Å². The summed E-state index contributed by atoms with van der Waals surface area (Å²) in [6.45, 7) is 6.56. The lowest BCUT2D eigenvalue weighted by Gasteiger charge is -2.18. The van der Waals surface area contributed by atoms with Gasteiger partial charge in [0.05, 0.1) is 0 Å². The number of esters is 3. The van der Waals surface area contributed by atoms with Crippen LogP contribution in [0, 0.1) is 0 Å². The molecule has 0 fully saturated rings. The van der Waals surface area contributed by atoms with Crippen molar-refractivity contribution in [1.29, 1.82) is 0 Å². The van der Waals surface area contributed by atoms with Crippen LogP contribution in [0.5, 0.6) is 0 Å². The summed E-state index contributed by atoms with van der Waals surface area (Å²) in [6, 6.07) is 0. The van der Waals surface area contributed by atoms with Crippen LogP contribution in [-0.2, 0) is 28.6 Å². The Labute approximate surface area is 509 Å². The molecule has 0 radical (unpaired) electrons. The van der Waals surface area contributed by atoms with E-state index in [4.69, 9.17) is 14.2 Å². The normalized spacial score (nSPS) is 12.6. The molecule has 0 heterocycles. The van der Waals surface area contributed by atoms with Gasteiger partial charge < -0.3 is 14.2 Å². The molecule has 0 bridgehead atoms. The maximum Gasteiger partial charge on any atom is 0.306 e. The van der Waals surface area contributed by atoms with Gasteiger partial charge in [-0.3, -0.25) is 14.4 Å². The van der Waals surface area contributed by atoms with Crippen LogP contribution in [0.2, 0.25) is 0 Å². The molecule has 0 saturated carbocycles. The van der Waals surface area contributed by atoms with Crippen LogP contribution >= 0.6 is 0 Å². The Morgan fingerprint density at radius 3 is 0.756 bits per heavy atom. The fourth-order valence-electron chi connectivity index (χ4n) is 10.3. The lowest BCUT2D eigenvalue weighted by Crippen LogP contribution is -2.30. The third kappa shape index (κ3) is 67.4. The van der Waals surface area contributed by atoms with E-state index in [-0.39, 0.29) is 31.1 Å². The molecule has 0 spiro atoms. The van der Waals surface area contributed by atoms with Crippen molar-refractivity contribution in [3.63, 3.8) is 0 Å². The van der Waals surface area contributed by atoms with E-state index in [2.05, 4.69) is 106 Å². The van der Waals surface area contributed by atoms with E-state index in [1.54, 1.807) is 0 Å². The third-order valence-electron chi connectivity index (χ3n) is 15.6. The van der Waals surface area contributed by atoms with Crippen LogP contribution in [0.1, 0.15) is 361 Å². The maximum absolute atomic E-state index is 12.9. The van der Waals surface area contributed by atoms with Gasteiger partial charge in [0.1, 0.15) is 13.2 Å². The fraction of sp³-hybridized carbons (Fsp3) is 0.776. The van der Waals surface area contributed by atoms with Gasteiger partial charge in [0.2, 0.25) is 0 Å². The first-order chi connectivity index (χ1) is 40.5. The summed E-state index contributed by atoms with van der Waals surface area (Å²) in [5.74, 6) is -0.857. The molecule has 0 amide bonds. The molecule has 0 aromatic rings. The smallest absolute Gasteiger partial charge is 0.306 e. The molecule has 0 saturated heterocycles. The molecule has 0 aliphatic carbocycles. The van der Waals surface area contributed by atoms with E-state index in [0.717, 1.165) is 96.3 Å². The van der Waals surface area contributed by atoms with Crippen LogP contribution in [0.15, 0.2) is 85.1 Å². The molecule has 0 aliphatic heterocycles. The number of hydrogen-bond donors (Lipinski definition) is 0. The van der Waals surface area contributed by atoms with Crippen molar-refractivity contribution in [2.24, 2.45) is 0 Å². The van der Waals surface area contributed by atoms with Crippen LogP contribution in [-0.4, -0.2) is 37.2 Å². The zero-order valence-corrected chi connectivity index (χ0v) is 54.5. The molecule has 0 aromatic carbocycles. The van der Waals surface area contributed by atoms with Crippen LogP contribution in [0.25, 0.3) is 0 Å². The van der Waals surface area contributed by atoms with E-state index >= 15 is 0 Å². The fourth-order valence-corrected chi connectivity index (χ4v) is 10.3. The molecule has 1 unspecified atom stereocenters. The highest BCUT2D eigenvalue weighted by atomic mass is 16.6. The summed E-state index contributed by atoms with van der Waals surface area (Å²) in [5.41, 5.74) is 0. The van der Waals surface area contributed by atoms with E-state index < -0.39 is 6.10 Å². The molecule has 0 rings (SSSR count). The second kappa shape index (κ2) is 70.1. The van der Waals surface area contributed by atoms with Gasteiger partial charge in [-0.25, -0.2) is 0 Å². The first-order valence-electron chi connectivity index (χ1n) is 35.6. The average molecular weight is 1140 g/mol. The second-order valence-corrected chi connectivity index (χ2v) is 23.8. The molecule has 82 heavy (non-hydrogen) atoms. The Morgan fingerprint density at radius 2 is 0.476 bits per heavy atom. The summed E-state index contributed by atoms with van der Waals surface area (Å²) in [7, 11) is 0. The van der Waals surface area contributed by atoms with Crippen LogP contribution < -0.4 is 0 Å². The van der Waals surface area contributed by atoms with E-state index in [0.29, 0.717) is 19.3 Å². The zero-order valence-electron chi connectivity index (χ0n) is 54.5. The SMILES string of the molecule is CC/C=C\C/C=C\C/C=C\C/C=C\C/C=C\C/C=C\CCCCCCCCCCCCCCCCC(=O)OCC(COC(=O)CCCCCCCCCCCC)OC(=O)CCCCCCCCCCC/C=C\CCCCCCCCCC. The summed E-state index contributed by atoms with van der Waals surface area (Å²) < 4.78 is 17.0. The molecular formula is C76H134O6. The minimum absolute atomic E-state index is 0.0719. The first-order valence-corrected chi connectivity index (χ1v) is 35.6. The largest absolute Gasteiger partial charge is 0.462 e. The van der Waals surface area contributed by atoms with Crippen molar-refractivity contribution < 1.29 is 28.6 Å². The quantitative estimate of drug-likeness (QED) is 0.0261. The molecule has 6 nitrogen and oxygen atoms in total. The number of rotatable bonds is 65. The van der Waals surface area contributed by atoms with Crippen molar-refractivity contribution in [2.75, 3.05) is 13.2 Å². The predicted molar refractivity (Wildman–Crippen MR) is 358 cm³/mol. The number of ether oxygens (including phenoxy) is 3. The molecule has 474 valence electrons. The Kier molecular flexibility index (Phi) is 67.2. The Balaban J connectivity index is 4.14. The molecule has 1 atom stereocenters. The topological polar surface area (TPSA) is 78.9 Å². The standard InChI is InChI=1S/C76H134O6/c1-4-7-10-13-16-19-22-24-26-28-30-32-33-34-35-36-37-38-39-40-41-42-43-45-46-48-50-52-54-57-60-63-66-69-75(78)81-72-73(71-80-74(77)68-65-62-59-56-21-18-15-12-9-6-3)82-76(79)70-67-64-61-58-55-53-51-49-47-44-31-29-27-25-23-20-17-14-11-8-5-2/h7,10,16,19,24,26,29-32,34-35,37-38,73H,4-6,8-9,11-15,17-18,20-23,25,27-28,33,36,39-72H2,1-3H3/b10-7-,19-16-,26-24-,31-29-,32-30-,35-34-,38-37-. The number of allylic oxidation sites excluding steroid dienone is 14. The molecule has 6 heteroatoms. The van der Waals surface area contributed by atoms with Crippen molar-refractivity contribution >= 4 is 17.9 Å². The van der Waals surface area contributed by atoms with E-state index in [9.17, 15) is 14.4 Å². The molecule has 0 N–H and O–H groups in total. The van der Waals surface area contributed by atoms with Crippen molar-refractivity contribution in [3.8, 4) is 0 Å². The van der Waals surface area contributed by atoms with Gasteiger partial charge in [-0.15, -0.1) is 0 Å². The van der Waals surface area contributed by atoms with Crippen molar-refractivity contribution in [3.05, 3.63) is 85.1 Å². The molecule has 0 aromatic heterocycles. The van der Waals surface area contributed by atoms with Crippen LogP contribution in [0.3, 0.4) is 0 Å². The second-order valence-electron chi connectivity index (χ2n) is 23.8.